The van der Waals surface area contributed by atoms with E-state index < -0.39 is 0 Å². The molecule has 3 heteroatoms. The van der Waals surface area contributed by atoms with Crippen molar-refractivity contribution in [2.45, 2.75) is 38.2 Å². The molecule has 1 unspecified atom stereocenters. The number of hydrogen-bond acceptors (Lipinski definition) is 3. The van der Waals surface area contributed by atoms with Crippen molar-refractivity contribution in [2.75, 3.05) is 32.9 Å². The van der Waals surface area contributed by atoms with Crippen molar-refractivity contribution in [1.29, 1.82) is 0 Å². The van der Waals surface area contributed by atoms with Crippen molar-refractivity contribution in [3.63, 3.8) is 0 Å². The Morgan fingerprint density at radius 2 is 2.00 bits per heavy atom. The molecule has 1 saturated carbocycles. The van der Waals surface area contributed by atoms with Gasteiger partial charge >= 0.3 is 0 Å². The maximum Gasteiger partial charge on any atom is 0.0707 e. The third kappa shape index (κ3) is 2.01. The summed E-state index contributed by atoms with van der Waals surface area (Å²) in [6, 6.07) is 0. The van der Waals surface area contributed by atoms with Gasteiger partial charge in [-0.15, -0.1) is 0 Å². The molecule has 2 heterocycles. The van der Waals surface area contributed by atoms with E-state index in [2.05, 4.69) is 5.32 Å². The fourth-order valence-corrected chi connectivity index (χ4v) is 3.63. The fraction of sp³-hybridized carbons (Fsp3) is 1.00. The quantitative estimate of drug-likeness (QED) is 0.791. The Morgan fingerprint density at radius 3 is 2.56 bits per heavy atom. The lowest BCUT2D eigenvalue weighted by molar-refractivity contribution is -0.169. The van der Waals surface area contributed by atoms with Gasteiger partial charge in [0.15, 0.2) is 0 Å². The molecule has 0 amide bonds. The summed E-state index contributed by atoms with van der Waals surface area (Å²) in [5.41, 5.74) is 0.472. The van der Waals surface area contributed by atoms with E-state index >= 15 is 0 Å². The Bertz CT molecular complexity index is 228. The summed E-state index contributed by atoms with van der Waals surface area (Å²) in [6.07, 6.45) is 7.34. The van der Waals surface area contributed by atoms with Gasteiger partial charge in [0.05, 0.1) is 25.9 Å². The smallest absolute Gasteiger partial charge is 0.0707 e. The number of morpholine rings is 1. The third-order valence-electron chi connectivity index (χ3n) is 4.64. The first-order chi connectivity index (χ1) is 7.89. The molecule has 3 nitrogen and oxygen atoms in total. The summed E-state index contributed by atoms with van der Waals surface area (Å²) in [5, 5.41) is 3.43. The molecule has 0 radical (unpaired) electrons. The Kier molecular flexibility index (Phi) is 3.18. The molecule has 0 aromatic heterocycles. The van der Waals surface area contributed by atoms with Gasteiger partial charge < -0.3 is 14.8 Å². The normalized spacial score (nSPS) is 34.9. The molecule has 3 rings (SSSR count). The molecule has 0 bridgehead atoms. The van der Waals surface area contributed by atoms with Crippen LogP contribution in [0.4, 0.5) is 0 Å². The van der Waals surface area contributed by atoms with Gasteiger partial charge in [-0.1, -0.05) is 12.8 Å². The van der Waals surface area contributed by atoms with Crippen LogP contribution in [0.5, 0.6) is 0 Å². The van der Waals surface area contributed by atoms with Gasteiger partial charge in [0, 0.05) is 18.5 Å². The first-order valence-corrected chi connectivity index (χ1v) is 6.79. The molecule has 0 spiro atoms. The van der Waals surface area contributed by atoms with Crippen molar-refractivity contribution >= 4 is 0 Å². The molecule has 1 aliphatic carbocycles. The second-order valence-corrected chi connectivity index (χ2v) is 5.74. The summed E-state index contributed by atoms with van der Waals surface area (Å²) in [4.78, 5) is 0. The highest BCUT2D eigenvalue weighted by Gasteiger charge is 2.47. The minimum absolute atomic E-state index is 0.429. The van der Waals surface area contributed by atoms with Crippen LogP contribution in [0.2, 0.25) is 0 Å². The van der Waals surface area contributed by atoms with Crippen LogP contribution in [0.3, 0.4) is 0 Å². The summed E-state index contributed by atoms with van der Waals surface area (Å²) in [5.74, 6) is 0.909. The molecule has 1 N–H and O–H groups in total. The minimum atomic E-state index is 0.429. The Balaban J connectivity index is 1.60. The van der Waals surface area contributed by atoms with Gasteiger partial charge in [-0.25, -0.2) is 0 Å². The van der Waals surface area contributed by atoms with E-state index in [9.17, 15) is 0 Å². The first-order valence-electron chi connectivity index (χ1n) is 6.79. The number of hydrogen-bond donors (Lipinski definition) is 1. The van der Waals surface area contributed by atoms with E-state index in [4.69, 9.17) is 9.47 Å². The molecule has 16 heavy (non-hydrogen) atoms. The maximum absolute atomic E-state index is 5.85. The highest BCUT2D eigenvalue weighted by Crippen LogP contribution is 2.48. The van der Waals surface area contributed by atoms with Crippen LogP contribution in [0, 0.1) is 11.3 Å². The summed E-state index contributed by atoms with van der Waals surface area (Å²) in [6.45, 7) is 4.90. The summed E-state index contributed by atoms with van der Waals surface area (Å²) >= 11 is 0. The van der Waals surface area contributed by atoms with Gasteiger partial charge in [-0.3, -0.25) is 0 Å². The van der Waals surface area contributed by atoms with Gasteiger partial charge in [0.1, 0.15) is 0 Å². The van der Waals surface area contributed by atoms with Crippen LogP contribution in [0.15, 0.2) is 0 Å². The zero-order valence-corrected chi connectivity index (χ0v) is 10.0. The monoisotopic (exact) mass is 225 g/mol. The molecule has 3 fully saturated rings. The minimum Gasteiger partial charge on any atom is -0.380 e. The van der Waals surface area contributed by atoms with Crippen LogP contribution in [0.25, 0.3) is 0 Å². The Labute approximate surface area is 97.9 Å². The van der Waals surface area contributed by atoms with Gasteiger partial charge in [-0.2, -0.15) is 0 Å². The summed E-state index contributed by atoms with van der Waals surface area (Å²) in [7, 11) is 0. The molecular formula is C13H23NO2. The third-order valence-corrected chi connectivity index (χ3v) is 4.64. The zero-order valence-electron chi connectivity index (χ0n) is 10.0. The molecule has 92 valence electrons. The van der Waals surface area contributed by atoms with E-state index in [1.165, 1.54) is 32.1 Å². The highest BCUT2D eigenvalue weighted by molar-refractivity contribution is 4.96. The highest BCUT2D eigenvalue weighted by atomic mass is 16.5. The van der Waals surface area contributed by atoms with Gasteiger partial charge in [0.25, 0.3) is 0 Å². The van der Waals surface area contributed by atoms with E-state index in [-0.39, 0.29) is 0 Å². The lowest BCUT2D eigenvalue weighted by atomic mass is 9.69. The second-order valence-electron chi connectivity index (χ2n) is 5.74. The second kappa shape index (κ2) is 4.63. The van der Waals surface area contributed by atoms with Crippen LogP contribution < -0.4 is 5.32 Å². The average Bonchev–Trinajstić information content (AvgIpc) is 2.78. The maximum atomic E-state index is 5.85. The molecule has 0 aromatic carbocycles. The molecule has 2 aliphatic heterocycles. The van der Waals surface area contributed by atoms with E-state index in [1.807, 2.05) is 0 Å². The van der Waals surface area contributed by atoms with Gasteiger partial charge in [-0.05, 0) is 25.2 Å². The molecule has 1 atom stereocenters. The van der Waals surface area contributed by atoms with Crippen LogP contribution in [0.1, 0.15) is 32.1 Å². The number of ether oxygens (including phenoxy) is 2. The zero-order chi connectivity index (χ0) is 10.8. The van der Waals surface area contributed by atoms with Gasteiger partial charge in [0.2, 0.25) is 0 Å². The van der Waals surface area contributed by atoms with E-state index in [0.29, 0.717) is 11.5 Å². The predicted molar refractivity (Wildman–Crippen MR) is 62.4 cm³/mol. The number of rotatable bonds is 3. The summed E-state index contributed by atoms with van der Waals surface area (Å²) < 4.78 is 11.4. The lowest BCUT2D eigenvalue weighted by Gasteiger charge is -2.48. The molecule has 3 aliphatic rings. The SMILES string of the molecule is C1CCC(C2(CC3CNCCO3)COC2)C1. The van der Waals surface area contributed by atoms with Crippen molar-refractivity contribution in [1.82, 2.24) is 5.32 Å². The predicted octanol–water partition coefficient (Wildman–Crippen LogP) is 1.57. The largest absolute Gasteiger partial charge is 0.380 e. The Hall–Kier alpha value is -0.120. The van der Waals surface area contributed by atoms with E-state index in [1.54, 1.807) is 0 Å². The first kappa shape index (κ1) is 11.0. The fourth-order valence-electron chi connectivity index (χ4n) is 3.63. The van der Waals surface area contributed by atoms with Crippen LogP contribution >= 0.6 is 0 Å². The standard InChI is InChI=1S/C13H23NO2/c1-2-4-11(3-1)13(9-15-10-13)7-12-8-14-5-6-16-12/h11-12,14H,1-10H2. The Morgan fingerprint density at radius 1 is 1.19 bits per heavy atom. The lowest BCUT2D eigenvalue weighted by Crippen LogP contribution is -2.52. The number of nitrogens with one attached hydrogen (secondary N) is 1. The van der Waals surface area contributed by atoms with Crippen LogP contribution in [-0.2, 0) is 9.47 Å². The average molecular weight is 225 g/mol. The van der Waals surface area contributed by atoms with Crippen molar-refractivity contribution in [2.24, 2.45) is 11.3 Å². The molecule has 2 saturated heterocycles. The van der Waals surface area contributed by atoms with Crippen molar-refractivity contribution in [3.8, 4) is 0 Å². The topological polar surface area (TPSA) is 30.5 Å². The van der Waals surface area contributed by atoms with Crippen molar-refractivity contribution < 1.29 is 9.47 Å². The van der Waals surface area contributed by atoms with E-state index in [0.717, 1.165) is 38.8 Å². The van der Waals surface area contributed by atoms with Crippen LogP contribution in [-0.4, -0.2) is 39.0 Å². The molecule has 0 aromatic rings. The molecular weight excluding hydrogens is 202 g/mol. The van der Waals surface area contributed by atoms with Crippen molar-refractivity contribution in [3.05, 3.63) is 0 Å².